The maximum atomic E-state index is 13.0. The summed E-state index contributed by atoms with van der Waals surface area (Å²) in [6.45, 7) is 4.98. The molecule has 0 spiro atoms. The summed E-state index contributed by atoms with van der Waals surface area (Å²) in [7, 11) is 0. The SMILES string of the molecule is CSC1CCCC(NC(=O)C2(N)C3CCCOC3C2(C)C)C1.Cl. The minimum atomic E-state index is -0.773. The number of rotatable bonds is 3. The Bertz CT molecular complexity index is 448. The highest BCUT2D eigenvalue weighted by Gasteiger charge is 2.70. The lowest BCUT2D eigenvalue weighted by Crippen LogP contribution is -2.82. The molecule has 3 rings (SSSR count). The van der Waals surface area contributed by atoms with Crippen molar-refractivity contribution >= 4 is 30.1 Å². The molecule has 3 aliphatic rings. The molecule has 2 aliphatic carbocycles. The van der Waals surface area contributed by atoms with Gasteiger partial charge in [0, 0.05) is 29.2 Å². The number of fused-ring (bicyclic) bond motifs is 1. The first-order valence-corrected chi connectivity index (χ1v) is 9.94. The van der Waals surface area contributed by atoms with Gasteiger partial charge in [0.1, 0.15) is 5.54 Å². The first-order chi connectivity index (χ1) is 10.4. The summed E-state index contributed by atoms with van der Waals surface area (Å²) in [5.74, 6) is 0.229. The van der Waals surface area contributed by atoms with Crippen molar-refractivity contribution in [1.82, 2.24) is 5.32 Å². The molecule has 5 atom stereocenters. The fourth-order valence-corrected chi connectivity index (χ4v) is 5.66. The lowest BCUT2D eigenvalue weighted by atomic mass is 9.46. The Morgan fingerprint density at radius 2 is 2.00 bits per heavy atom. The largest absolute Gasteiger partial charge is 0.377 e. The Hall–Kier alpha value is 0.0300. The van der Waals surface area contributed by atoms with Gasteiger partial charge in [-0.05, 0) is 38.4 Å². The molecule has 1 saturated heterocycles. The maximum absolute atomic E-state index is 13.0. The number of thioether (sulfide) groups is 1. The molecule has 23 heavy (non-hydrogen) atoms. The lowest BCUT2D eigenvalue weighted by molar-refractivity contribution is -0.225. The van der Waals surface area contributed by atoms with Crippen molar-refractivity contribution in [3.05, 3.63) is 0 Å². The van der Waals surface area contributed by atoms with Gasteiger partial charge in [-0.25, -0.2) is 0 Å². The second-order valence-electron chi connectivity index (χ2n) is 7.83. The summed E-state index contributed by atoms with van der Waals surface area (Å²) in [4.78, 5) is 13.0. The van der Waals surface area contributed by atoms with Gasteiger partial charge in [-0.2, -0.15) is 11.8 Å². The molecule has 4 nitrogen and oxygen atoms in total. The predicted octanol–water partition coefficient (Wildman–Crippen LogP) is 2.73. The van der Waals surface area contributed by atoms with Gasteiger partial charge in [-0.3, -0.25) is 4.79 Å². The van der Waals surface area contributed by atoms with E-state index in [0.29, 0.717) is 11.3 Å². The zero-order valence-electron chi connectivity index (χ0n) is 14.5. The molecule has 3 N–H and O–H groups in total. The van der Waals surface area contributed by atoms with Crippen molar-refractivity contribution < 1.29 is 9.53 Å². The Kier molecular flexibility index (Phi) is 5.98. The zero-order chi connectivity index (χ0) is 16.0. The second-order valence-corrected chi connectivity index (χ2v) is 8.96. The van der Waals surface area contributed by atoms with Gasteiger partial charge in [0.25, 0.3) is 0 Å². The van der Waals surface area contributed by atoms with E-state index in [-0.39, 0.29) is 35.8 Å². The average molecular weight is 363 g/mol. The number of carbonyl (C=O) groups is 1. The summed E-state index contributed by atoms with van der Waals surface area (Å²) in [6, 6.07) is 0.290. The Morgan fingerprint density at radius 3 is 2.70 bits per heavy atom. The van der Waals surface area contributed by atoms with Crippen LogP contribution in [0.1, 0.15) is 52.4 Å². The molecule has 0 aromatic carbocycles. The number of nitrogens with two attached hydrogens (primary N) is 1. The molecule has 5 unspecified atom stereocenters. The van der Waals surface area contributed by atoms with Crippen molar-refractivity contribution in [1.29, 1.82) is 0 Å². The monoisotopic (exact) mass is 362 g/mol. The van der Waals surface area contributed by atoms with E-state index in [1.165, 1.54) is 12.8 Å². The van der Waals surface area contributed by atoms with Crippen LogP contribution in [0.25, 0.3) is 0 Å². The van der Waals surface area contributed by atoms with E-state index in [2.05, 4.69) is 25.4 Å². The second kappa shape index (κ2) is 7.11. The predicted molar refractivity (Wildman–Crippen MR) is 98.1 cm³/mol. The third-order valence-corrected chi connectivity index (χ3v) is 7.45. The first-order valence-electron chi connectivity index (χ1n) is 8.65. The molecular formula is C17H31ClN2O2S. The molecule has 0 aromatic rings. The van der Waals surface area contributed by atoms with E-state index >= 15 is 0 Å². The van der Waals surface area contributed by atoms with E-state index in [1.807, 2.05) is 11.8 Å². The fourth-order valence-electron chi connectivity index (χ4n) is 4.83. The number of hydrogen-bond acceptors (Lipinski definition) is 4. The standard InChI is InChI=1S/C17H30N2O2S.ClH/c1-16(2)14-13(8-5-9-21-14)17(16,18)15(20)19-11-6-4-7-12(10-11)22-3;/h11-14H,4-10,18H2,1-3H3,(H,19,20);1H. The van der Waals surface area contributed by atoms with Crippen molar-refractivity contribution in [3.8, 4) is 0 Å². The summed E-state index contributed by atoms with van der Waals surface area (Å²) in [5.41, 5.74) is 5.61. The molecule has 134 valence electrons. The van der Waals surface area contributed by atoms with Crippen LogP contribution < -0.4 is 11.1 Å². The number of ether oxygens (including phenoxy) is 1. The van der Waals surface area contributed by atoms with Gasteiger partial charge < -0.3 is 15.8 Å². The van der Waals surface area contributed by atoms with Crippen molar-refractivity contribution in [3.63, 3.8) is 0 Å². The number of halogens is 1. The van der Waals surface area contributed by atoms with E-state index in [9.17, 15) is 4.79 Å². The molecule has 0 aromatic heterocycles. The topological polar surface area (TPSA) is 64.4 Å². The average Bonchev–Trinajstić information content (AvgIpc) is 2.54. The van der Waals surface area contributed by atoms with Crippen molar-refractivity contribution in [2.24, 2.45) is 17.1 Å². The lowest BCUT2D eigenvalue weighted by Gasteiger charge is -2.65. The van der Waals surface area contributed by atoms with Crippen LogP contribution in [-0.4, -0.2) is 41.7 Å². The first kappa shape index (κ1) is 19.4. The zero-order valence-corrected chi connectivity index (χ0v) is 16.1. The number of hydrogen-bond donors (Lipinski definition) is 2. The van der Waals surface area contributed by atoms with Gasteiger partial charge in [-0.15, -0.1) is 12.4 Å². The van der Waals surface area contributed by atoms with Gasteiger partial charge >= 0.3 is 0 Å². The normalized spacial score (nSPS) is 41.9. The van der Waals surface area contributed by atoms with Crippen molar-refractivity contribution in [2.75, 3.05) is 12.9 Å². The highest BCUT2D eigenvalue weighted by atomic mass is 35.5. The molecule has 1 amide bonds. The molecule has 0 bridgehead atoms. The third-order valence-electron chi connectivity index (χ3n) is 6.36. The number of amides is 1. The van der Waals surface area contributed by atoms with E-state index in [0.717, 1.165) is 32.3 Å². The van der Waals surface area contributed by atoms with Crippen LogP contribution in [0.15, 0.2) is 0 Å². The number of nitrogens with one attached hydrogen (secondary N) is 1. The summed E-state index contributed by atoms with van der Waals surface area (Å²) >= 11 is 1.92. The summed E-state index contributed by atoms with van der Waals surface area (Å²) in [6.07, 6.45) is 8.97. The quantitative estimate of drug-likeness (QED) is 0.810. The van der Waals surface area contributed by atoms with Crippen molar-refractivity contribution in [2.45, 2.75) is 75.3 Å². The Morgan fingerprint density at radius 1 is 1.26 bits per heavy atom. The molecule has 1 aliphatic heterocycles. The van der Waals surface area contributed by atoms with E-state index in [4.69, 9.17) is 10.5 Å². The molecular weight excluding hydrogens is 332 g/mol. The van der Waals surface area contributed by atoms with Crippen LogP contribution in [0, 0.1) is 11.3 Å². The Balaban J connectivity index is 0.00000192. The van der Waals surface area contributed by atoms with Gasteiger partial charge in [0.2, 0.25) is 5.91 Å². The van der Waals surface area contributed by atoms with Gasteiger partial charge in [0.05, 0.1) is 6.10 Å². The van der Waals surface area contributed by atoms with E-state index < -0.39 is 5.54 Å². The molecule has 3 fully saturated rings. The highest BCUT2D eigenvalue weighted by molar-refractivity contribution is 7.99. The minimum Gasteiger partial charge on any atom is -0.377 e. The van der Waals surface area contributed by atoms with Crippen LogP contribution in [0.5, 0.6) is 0 Å². The van der Waals surface area contributed by atoms with Crippen LogP contribution in [0.2, 0.25) is 0 Å². The third kappa shape index (κ3) is 3.03. The summed E-state index contributed by atoms with van der Waals surface area (Å²) in [5, 5.41) is 3.96. The Labute approximate surface area is 150 Å². The smallest absolute Gasteiger partial charge is 0.241 e. The van der Waals surface area contributed by atoms with Crippen LogP contribution in [0.4, 0.5) is 0 Å². The number of carbonyl (C=O) groups excluding carboxylic acids is 1. The van der Waals surface area contributed by atoms with Crippen LogP contribution in [0.3, 0.4) is 0 Å². The summed E-state index contributed by atoms with van der Waals surface area (Å²) < 4.78 is 5.90. The highest BCUT2D eigenvalue weighted by Crippen LogP contribution is 2.57. The molecule has 1 heterocycles. The minimum absolute atomic E-state index is 0. The van der Waals surface area contributed by atoms with Gasteiger partial charge in [0.15, 0.2) is 0 Å². The maximum Gasteiger partial charge on any atom is 0.241 e. The molecule has 0 radical (unpaired) electrons. The fraction of sp³-hybridized carbons (Fsp3) is 0.941. The van der Waals surface area contributed by atoms with Crippen LogP contribution in [-0.2, 0) is 9.53 Å². The molecule has 2 saturated carbocycles. The van der Waals surface area contributed by atoms with Crippen LogP contribution >= 0.6 is 24.2 Å². The molecule has 6 heteroatoms. The van der Waals surface area contributed by atoms with Gasteiger partial charge in [-0.1, -0.05) is 20.3 Å². The van der Waals surface area contributed by atoms with E-state index in [1.54, 1.807) is 0 Å².